The molecule has 19 heavy (non-hydrogen) atoms. The van der Waals surface area contributed by atoms with E-state index in [1.54, 1.807) is 17.4 Å². The maximum Gasteiger partial charge on any atom is 0.315 e. The van der Waals surface area contributed by atoms with Gasteiger partial charge in [0.15, 0.2) is 5.76 Å². The molecule has 2 aromatic rings. The van der Waals surface area contributed by atoms with Crippen LogP contribution in [0.3, 0.4) is 0 Å². The zero-order chi connectivity index (χ0) is 13.8. The Hall–Kier alpha value is -1.89. The quantitative estimate of drug-likeness (QED) is 0.898. The van der Waals surface area contributed by atoms with E-state index in [2.05, 4.69) is 20.8 Å². The van der Waals surface area contributed by atoms with Crippen LogP contribution in [0.25, 0.3) is 0 Å². The molecule has 0 aliphatic rings. The molecule has 0 aliphatic carbocycles. The summed E-state index contributed by atoms with van der Waals surface area (Å²) in [5, 5.41) is 10.1. The molecule has 2 amide bonds. The Morgan fingerprint density at radius 3 is 2.63 bits per heavy atom. The molecule has 0 unspecified atom stereocenters. The Balaban J connectivity index is 1.75. The van der Waals surface area contributed by atoms with Crippen molar-refractivity contribution in [3.05, 3.63) is 33.1 Å². The summed E-state index contributed by atoms with van der Waals surface area (Å²) in [6, 6.07) is 1.54. The highest BCUT2D eigenvalue weighted by atomic mass is 32.1. The summed E-state index contributed by atoms with van der Waals surface area (Å²) in [6.45, 7) is 6.56. The smallest absolute Gasteiger partial charge is 0.315 e. The lowest BCUT2D eigenvalue weighted by atomic mass is 10.4. The predicted octanol–water partition coefficient (Wildman–Crippen LogP) is 2.06. The second-order valence-electron chi connectivity index (χ2n) is 4.22. The number of thiazole rings is 1. The van der Waals surface area contributed by atoms with Gasteiger partial charge in [0.1, 0.15) is 5.01 Å². The van der Waals surface area contributed by atoms with Crippen LogP contribution >= 0.6 is 11.3 Å². The second-order valence-corrected chi connectivity index (χ2v) is 5.51. The lowest BCUT2D eigenvalue weighted by Gasteiger charge is -2.03. The van der Waals surface area contributed by atoms with Gasteiger partial charge in [0.05, 0.1) is 24.5 Å². The standard InChI is InChI=1S/C12H16N4O2S/c1-7-4-10(18-16-7)5-13-12(17)14-6-11-15-8(2)9(3)19-11/h4H,5-6H2,1-3H3,(H2,13,14,17). The highest BCUT2D eigenvalue weighted by molar-refractivity contribution is 7.11. The third-order valence-electron chi connectivity index (χ3n) is 2.57. The summed E-state index contributed by atoms with van der Waals surface area (Å²) in [7, 11) is 0. The van der Waals surface area contributed by atoms with E-state index in [9.17, 15) is 4.79 Å². The SMILES string of the molecule is Cc1cc(CNC(=O)NCc2nc(C)c(C)s2)on1. The number of rotatable bonds is 4. The Labute approximate surface area is 115 Å². The van der Waals surface area contributed by atoms with E-state index in [1.807, 2.05) is 20.8 Å². The number of carbonyl (C=O) groups excluding carboxylic acids is 1. The van der Waals surface area contributed by atoms with Crippen LogP contribution in [0.2, 0.25) is 0 Å². The van der Waals surface area contributed by atoms with E-state index in [-0.39, 0.29) is 6.03 Å². The van der Waals surface area contributed by atoms with E-state index >= 15 is 0 Å². The highest BCUT2D eigenvalue weighted by Gasteiger charge is 2.07. The number of aryl methyl sites for hydroxylation is 3. The number of aromatic nitrogens is 2. The van der Waals surface area contributed by atoms with E-state index in [0.29, 0.717) is 18.8 Å². The number of amides is 2. The number of carbonyl (C=O) groups is 1. The molecule has 0 radical (unpaired) electrons. The van der Waals surface area contributed by atoms with Crippen molar-refractivity contribution in [1.29, 1.82) is 0 Å². The fraction of sp³-hybridized carbons (Fsp3) is 0.417. The Morgan fingerprint density at radius 1 is 1.32 bits per heavy atom. The van der Waals surface area contributed by atoms with Crippen LogP contribution < -0.4 is 10.6 Å². The molecule has 0 saturated heterocycles. The van der Waals surface area contributed by atoms with E-state index < -0.39 is 0 Å². The first kappa shape index (κ1) is 13.5. The lowest BCUT2D eigenvalue weighted by Crippen LogP contribution is -2.34. The van der Waals surface area contributed by atoms with Gasteiger partial charge in [0.25, 0.3) is 0 Å². The average molecular weight is 280 g/mol. The van der Waals surface area contributed by atoms with Crippen LogP contribution in [-0.2, 0) is 13.1 Å². The van der Waals surface area contributed by atoms with Crippen molar-refractivity contribution in [2.45, 2.75) is 33.9 Å². The molecular formula is C12H16N4O2S. The van der Waals surface area contributed by atoms with E-state index in [4.69, 9.17) is 4.52 Å². The molecule has 2 rings (SSSR count). The third kappa shape index (κ3) is 3.78. The number of hydrogen-bond acceptors (Lipinski definition) is 5. The Kier molecular flexibility index (Phi) is 4.16. The molecule has 0 bridgehead atoms. The molecule has 6 nitrogen and oxygen atoms in total. The van der Waals surface area contributed by atoms with Gasteiger partial charge >= 0.3 is 6.03 Å². The van der Waals surface area contributed by atoms with Crippen LogP contribution in [0, 0.1) is 20.8 Å². The van der Waals surface area contributed by atoms with Crippen LogP contribution in [0.5, 0.6) is 0 Å². The minimum absolute atomic E-state index is 0.250. The molecule has 0 aromatic carbocycles. The zero-order valence-corrected chi connectivity index (χ0v) is 11.9. The second kappa shape index (κ2) is 5.83. The maximum absolute atomic E-state index is 11.6. The number of hydrogen-bond donors (Lipinski definition) is 2. The van der Waals surface area contributed by atoms with Crippen LogP contribution in [0.4, 0.5) is 4.79 Å². The highest BCUT2D eigenvalue weighted by Crippen LogP contribution is 2.15. The fourth-order valence-corrected chi connectivity index (χ4v) is 2.37. The van der Waals surface area contributed by atoms with Gasteiger partial charge in [-0.2, -0.15) is 0 Å². The number of urea groups is 1. The van der Waals surface area contributed by atoms with E-state index in [0.717, 1.165) is 16.4 Å². The summed E-state index contributed by atoms with van der Waals surface area (Å²) in [5.41, 5.74) is 1.81. The molecule has 0 aliphatic heterocycles. The lowest BCUT2D eigenvalue weighted by molar-refractivity contribution is 0.238. The van der Waals surface area contributed by atoms with Crippen molar-refractivity contribution in [1.82, 2.24) is 20.8 Å². The number of nitrogens with zero attached hydrogens (tertiary/aromatic N) is 2. The first-order chi connectivity index (χ1) is 9.04. The molecule has 2 aromatic heterocycles. The maximum atomic E-state index is 11.6. The van der Waals surface area contributed by atoms with Gasteiger partial charge in [0.2, 0.25) is 0 Å². The third-order valence-corrected chi connectivity index (χ3v) is 3.65. The molecule has 0 fully saturated rings. The van der Waals surface area contributed by atoms with Crippen LogP contribution in [0.1, 0.15) is 27.0 Å². The first-order valence-corrected chi connectivity index (χ1v) is 6.73. The summed E-state index contributed by atoms with van der Waals surface area (Å²) in [4.78, 5) is 17.1. The predicted molar refractivity (Wildman–Crippen MR) is 71.9 cm³/mol. The summed E-state index contributed by atoms with van der Waals surface area (Å²) in [5.74, 6) is 0.633. The van der Waals surface area contributed by atoms with Gasteiger partial charge in [-0.25, -0.2) is 9.78 Å². The van der Waals surface area contributed by atoms with Crippen LogP contribution in [-0.4, -0.2) is 16.2 Å². The molecule has 7 heteroatoms. The van der Waals surface area contributed by atoms with Gasteiger partial charge < -0.3 is 15.2 Å². The topological polar surface area (TPSA) is 80.0 Å². The average Bonchev–Trinajstić information content (AvgIpc) is 2.91. The molecule has 2 N–H and O–H groups in total. The normalized spacial score (nSPS) is 10.5. The molecule has 2 heterocycles. The van der Waals surface area contributed by atoms with Gasteiger partial charge in [-0.1, -0.05) is 5.16 Å². The largest absolute Gasteiger partial charge is 0.359 e. The van der Waals surface area contributed by atoms with Gasteiger partial charge in [-0.15, -0.1) is 11.3 Å². The monoisotopic (exact) mass is 280 g/mol. The number of nitrogens with one attached hydrogen (secondary N) is 2. The van der Waals surface area contributed by atoms with Gasteiger partial charge in [-0.05, 0) is 20.8 Å². The van der Waals surface area contributed by atoms with Crippen molar-refractivity contribution < 1.29 is 9.32 Å². The van der Waals surface area contributed by atoms with Gasteiger partial charge in [-0.3, -0.25) is 0 Å². The first-order valence-electron chi connectivity index (χ1n) is 5.91. The zero-order valence-electron chi connectivity index (χ0n) is 11.1. The fourth-order valence-electron chi connectivity index (χ4n) is 1.50. The minimum Gasteiger partial charge on any atom is -0.359 e. The summed E-state index contributed by atoms with van der Waals surface area (Å²) >= 11 is 1.59. The molecule has 0 atom stereocenters. The van der Waals surface area contributed by atoms with Crippen molar-refractivity contribution >= 4 is 17.4 Å². The van der Waals surface area contributed by atoms with Crippen molar-refractivity contribution in [3.63, 3.8) is 0 Å². The molecule has 0 saturated carbocycles. The Morgan fingerprint density at radius 2 is 2.05 bits per heavy atom. The Bertz CT molecular complexity index is 557. The summed E-state index contributed by atoms with van der Waals surface area (Å²) < 4.78 is 4.99. The minimum atomic E-state index is -0.250. The van der Waals surface area contributed by atoms with E-state index in [1.165, 1.54) is 4.88 Å². The summed E-state index contributed by atoms with van der Waals surface area (Å²) in [6.07, 6.45) is 0. The van der Waals surface area contributed by atoms with Crippen molar-refractivity contribution in [2.75, 3.05) is 0 Å². The van der Waals surface area contributed by atoms with Crippen molar-refractivity contribution in [3.8, 4) is 0 Å². The molecule has 0 spiro atoms. The van der Waals surface area contributed by atoms with Crippen molar-refractivity contribution in [2.24, 2.45) is 0 Å². The molecular weight excluding hydrogens is 264 g/mol. The van der Waals surface area contributed by atoms with Gasteiger partial charge in [0, 0.05) is 10.9 Å². The van der Waals surface area contributed by atoms with Crippen LogP contribution in [0.15, 0.2) is 10.6 Å². The molecule has 102 valence electrons.